The van der Waals surface area contributed by atoms with Crippen LogP contribution in [-0.4, -0.2) is 16.8 Å². The van der Waals surface area contributed by atoms with Gasteiger partial charge >= 0.3 is 0 Å². The standard InChI is InChI=1S/C23H17N3O/c24-22(19-13-18(14-26-15-19)16-7-2-1-3-8-16)27-23(25)21-12-6-10-17-9-4-5-11-20(17)21/h1-15,24-25H. The van der Waals surface area contributed by atoms with Crippen molar-refractivity contribution in [3.05, 3.63) is 102 Å². The van der Waals surface area contributed by atoms with Crippen LogP contribution in [0.2, 0.25) is 0 Å². The number of benzene rings is 3. The van der Waals surface area contributed by atoms with E-state index in [1.807, 2.05) is 78.9 Å². The molecule has 1 aromatic heterocycles. The van der Waals surface area contributed by atoms with Crippen molar-refractivity contribution in [3.63, 3.8) is 0 Å². The molecule has 0 spiro atoms. The Morgan fingerprint density at radius 3 is 2.30 bits per heavy atom. The van der Waals surface area contributed by atoms with Crippen LogP contribution >= 0.6 is 0 Å². The normalized spacial score (nSPS) is 10.5. The molecule has 4 rings (SSSR count). The number of hydrogen-bond donors (Lipinski definition) is 2. The van der Waals surface area contributed by atoms with E-state index in [0.717, 1.165) is 21.9 Å². The molecule has 0 aliphatic heterocycles. The molecule has 4 aromatic rings. The molecule has 0 atom stereocenters. The topological polar surface area (TPSA) is 69.8 Å². The molecule has 0 radical (unpaired) electrons. The molecule has 0 aliphatic rings. The minimum absolute atomic E-state index is 0.0538. The number of rotatable bonds is 3. The van der Waals surface area contributed by atoms with Crippen molar-refractivity contribution in [1.29, 1.82) is 10.8 Å². The van der Waals surface area contributed by atoms with Crippen molar-refractivity contribution in [3.8, 4) is 11.1 Å². The lowest BCUT2D eigenvalue weighted by atomic mass is 10.0. The van der Waals surface area contributed by atoms with Crippen LogP contribution in [0.5, 0.6) is 0 Å². The van der Waals surface area contributed by atoms with Gasteiger partial charge in [0.15, 0.2) is 0 Å². The lowest BCUT2D eigenvalue weighted by Gasteiger charge is -2.11. The van der Waals surface area contributed by atoms with Crippen LogP contribution in [0.4, 0.5) is 0 Å². The fourth-order valence-corrected chi connectivity index (χ4v) is 2.99. The van der Waals surface area contributed by atoms with Gasteiger partial charge in [-0.25, -0.2) is 0 Å². The van der Waals surface area contributed by atoms with Gasteiger partial charge in [-0.1, -0.05) is 66.7 Å². The molecule has 3 aromatic carbocycles. The SMILES string of the molecule is N=C(OC(=N)c1cccc2ccccc12)c1cncc(-c2ccccc2)c1. The van der Waals surface area contributed by atoms with Crippen molar-refractivity contribution in [2.75, 3.05) is 0 Å². The van der Waals surface area contributed by atoms with Gasteiger partial charge in [0.1, 0.15) is 0 Å². The molecule has 4 heteroatoms. The Balaban J connectivity index is 1.60. The molecule has 0 saturated heterocycles. The number of hydrogen-bond acceptors (Lipinski definition) is 4. The molecule has 0 fully saturated rings. The van der Waals surface area contributed by atoms with Gasteiger partial charge in [-0.15, -0.1) is 0 Å². The summed E-state index contributed by atoms with van der Waals surface area (Å²) in [6, 6.07) is 25.2. The molecular weight excluding hydrogens is 334 g/mol. The van der Waals surface area contributed by atoms with Crippen LogP contribution in [0, 0.1) is 10.8 Å². The lowest BCUT2D eigenvalue weighted by Crippen LogP contribution is -2.13. The number of fused-ring (bicyclic) bond motifs is 1. The highest BCUT2D eigenvalue weighted by atomic mass is 16.5. The Morgan fingerprint density at radius 1 is 0.704 bits per heavy atom. The van der Waals surface area contributed by atoms with Crippen molar-refractivity contribution >= 4 is 22.6 Å². The maximum Gasteiger partial charge on any atom is 0.222 e. The smallest absolute Gasteiger partial charge is 0.222 e. The molecule has 1 heterocycles. The molecule has 0 unspecified atom stereocenters. The first-order valence-corrected chi connectivity index (χ1v) is 8.56. The summed E-state index contributed by atoms with van der Waals surface area (Å²) in [4.78, 5) is 4.22. The number of nitrogens with zero attached hydrogens (tertiary/aromatic N) is 1. The van der Waals surface area contributed by atoms with E-state index in [2.05, 4.69) is 4.98 Å². The van der Waals surface area contributed by atoms with Gasteiger partial charge in [0.05, 0.1) is 5.56 Å². The van der Waals surface area contributed by atoms with E-state index < -0.39 is 0 Å². The quantitative estimate of drug-likeness (QED) is 0.390. The monoisotopic (exact) mass is 351 g/mol. The molecule has 0 bridgehead atoms. The molecule has 27 heavy (non-hydrogen) atoms. The molecule has 2 N–H and O–H groups in total. The van der Waals surface area contributed by atoms with Gasteiger partial charge in [-0.05, 0) is 28.5 Å². The molecule has 0 saturated carbocycles. The van der Waals surface area contributed by atoms with Gasteiger partial charge in [0.25, 0.3) is 0 Å². The van der Waals surface area contributed by atoms with Crippen LogP contribution in [0.1, 0.15) is 11.1 Å². The predicted octanol–water partition coefficient (Wildman–Crippen LogP) is 5.27. The Hall–Kier alpha value is -3.79. The van der Waals surface area contributed by atoms with Crippen LogP contribution in [0.15, 0.2) is 91.3 Å². The second-order valence-electron chi connectivity index (χ2n) is 6.12. The first-order valence-electron chi connectivity index (χ1n) is 8.56. The summed E-state index contributed by atoms with van der Waals surface area (Å²) in [6.07, 6.45) is 3.33. The van der Waals surface area contributed by atoms with E-state index in [1.165, 1.54) is 0 Å². The summed E-state index contributed by atoms with van der Waals surface area (Å²) < 4.78 is 5.55. The largest absolute Gasteiger partial charge is 0.421 e. The van der Waals surface area contributed by atoms with Gasteiger partial charge in [0.2, 0.25) is 11.8 Å². The zero-order valence-corrected chi connectivity index (χ0v) is 14.5. The molecule has 0 aliphatic carbocycles. The minimum atomic E-state index is -0.0989. The average Bonchev–Trinajstić information content (AvgIpc) is 2.74. The maximum atomic E-state index is 8.33. The van der Waals surface area contributed by atoms with E-state index in [4.69, 9.17) is 15.6 Å². The molecule has 130 valence electrons. The second-order valence-corrected chi connectivity index (χ2v) is 6.12. The molecule has 0 amide bonds. The van der Waals surface area contributed by atoms with Gasteiger partial charge in [-0.3, -0.25) is 15.8 Å². The maximum absolute atomic E-state index is 8.33. The Bertz CT molecular complexity index is 1130. The van der Waals surface area contributed by atoms with Gasteiger partial charge < -0.3 is 4.74 Å². The first kappa shape index (κ1) is 16.7. The van der Waals surface area contributed by atoms with E-state index in [0.29, 0.717) is 11.1 Å². The third kappa shape index (κ3) is 3.46. The van der Waals surface area contributed by atoms with Crippen LogP contribution < -0.4 is 0 Å². The van der Waals surface area contributed by atoms with Crippen LogP contribution in [-0.2, 0) is 4.74 Å². The van der Waals surface area contributed by atoms with Gasteiger partial charge in [-0.2, -0.15) is 0 Å². The molecule has 4 nitrogen and oxygen atoms in total. The second kappa shape index (κ2) is 7.22. The Kier molecular flexibility index (Phi) is 4.45. The van der Waals surface area contributed by atoms with E-state index in [-0.39, 0.29) is 11.8 Å². The highest BCUT2D eigenvalue weighted by molar-refractivity contribution is 6.11. The summed E-state index contributed by atoms with van der Waals surface area (Å²) >= 11 is 0. The van der Waals surface area contributed by atoms with E-state index >= 15 is 0 Å². The predicted molar refractivity (Wildman–Crippen MR) is 108 cm³/mol. The average molecular weight is 351 g/mol. The van der Waals surface area contributed by atoms with E-state index in [1.54, 1.807) is 12.4 Å². The first-order chi connectivity index (χ1) is 13.2. The third-order valence-corrected chi connectivity index (χ3v) is 4.35. The fraction of sp³-hybridized carbons (Fsp3) is 0. The lowest BCUT2D eigenvalue weighted by molar-refractivity contribution is 0.538. The summed E-state index contributed by atoms with van der Waals surface area (Å²) in [5.41, 5.74) is 3.10. The summed E-state index contributed by atoms with van der Waals surface area (Å²) in [5, 5.41) is 18.6. The highest BCUT2D eigenvalue weighted by Crippen LogP contribution is 2.21. The molecular formula is C23H17N3O. The summed E-state index contributed by atoms with van der Waals surface area (Å²) in [6.45, 7) is 0. The number of nitrogens with one attached hydrogen (secondary N) is 2. The fourth-order valence-electron chi connectivity index (χ4n) is 2.99. The van der Waals surface area contributed by atoms with Crippen molar-refractivity contribution in [2.45, 2.75) is 0 Å². The van der Waals surface area contributed by atoms with Crippen LogP contribution in [0.3, 0.4) is 0 Å². The Morgan fingerprint density at radius 2 is 1.44 bits per heavy atom. The minimum Gasteiger partial charge on any atom is -0.421 e. The van der Waals surface area contributed by atoms with Crippen molar-refractivity contribution in [1.82, 2.24) is 4.98 Å². The number of aromatic nitrogens is 1. The zero-order chi connectivity index (χ0) is 18.6. The highest BCUT2D eigenvalue weighted by Gasteiger charge is 2.12. The third-order valence-electron chi connectivity index (χ3n) is 4.35. The summed E-state index contributed by atoms with van der Waals surface area (Å²) in [7, 11) is 0. The van der Waals surface area contributed by atoms with E-state index in [9.17, 15) is 0 Å². The Labute approximate surface area is 157 Å². The number of pyridine rings is 1. The van der Waals surface area contributed by atoms with Crippen molar-refractivity contribution < 1.29 is 4.74 Å². The van der Waals surface area contributed by atoms with Crippen LogP contribution in [0.25, 0.3) is 21.9 Å². The zero-order valence-electron chi connectivity index (χ0n) is 14.5. The van der Waals surface area contributed by atoms with Crippen molar-refractivity contribution in [2.24, 2.45) is 0 Å². The van der Waals surface area contributed by atoms with Gasteiger partial charge in [0, 0.05) is 23.5 Å². The summed E-state index contributed by atoms with van der Waals surface area (Å²) in [5.74, 6) is -0.153. The number of ether oxygens (including phenoxy) is 1.